The number of aromatic nitrogens is 1. The fourth-order valence-electron chi connectivity index (χ4n) is 2.09. The van der Waals surface area contributed by atoms with Crippen molar-refractivity contribution in [3.63, 3.8) is 0 Å². The molecular formula is C18H14N4O3S. The summed E-state index contributed by atoms with van der Waals surface area (Å²) in [6.07, 6.45) is 2.94. The Bertz CT molecular complexity index is 927. The molecule has 2 heterocycles. The molecule has 7 nitrogen and oxygen atoms in total. The molecule has 3 aromatic rings. The summed E-state index contributed by atoms with van der Waals surface area (Å²) in [6.45, 7) is 0. The number of carbonyl (C=O) groups excluding carboxylic acids is 3. The van der Waals surface area contributed by atoms with Crippen LogP contribution in [0.2, 0.25) is 0 Å². The van der Waals surface area contributed by atoms with Crippen LogP contribution in [0.4, 0.5) is 5.69 Å². The average Bonchev–Trinajstić information content (AvgIpc) is 3.22. The number of thiophene rings is 1. The lowest BCUT2D eigenvalue weighted by molar-refractivity contribution is 0.0846. The van der Waals surface area contributed by atoms with Crippen LogP contribution < -0.4 is 16.2 Å². The highest BCUT2D eigenvalue weighted by molar-refractivity contribution is 7.12. The molecule has 0 aliphatic rings. The second kappa shape index (κ2) is 8.04. The first-order valence-electron chi connectivity index (χ1n) is 7.59. The highest BCUT2D eigenvalue weighted by Gasteiger charge is 2.11. The van der Waals surface area contributed by atoms with E-state index in [4.69, 9.17) is 0 Å². The van der Waals surface area contributed by atoms with Gasteiger partial charge in [0, 0.05) is 23.6 Å². The molecule has 26 heavy (non-hydrogen) atoms. The van der Waals surface area contributed by atoms with Crippen LogP contribution in [0.25, 0.3) is 0 Å². The van der Waals surface area contributed by atoms with E-state index in [0.717, 1.165) is 0 Å². The van der Waals surface area contributed by atoms with Crippen molar-refractivity contribution in [1.29, 1.82) is 0 Å². The summed E-state index contributed by atoms with van der Waals surface area (Å²) in [5.41, 5.74) is 5.74. The average molecular weight is 366 g/mol. The molecule has 0 aliphatic heterocycles. The number of anilines is 1. The molecule has 0 fully saturated rings. The van der Waals surface area contributed by atoms with Gasteiger partial charge in [0.2, 0.25) is 0 Å². The zero-order valence-electron chi connectivity index (χ0n) is 13.4. The Morgan fingerprint density at radius 3 is 2.31 bits per heavy atom. The van der Waals surface area contributed by atoms with Gasteiger partial charge in [-0.25, -0.2) is 0 Å². The van der Waals surface area contributed by atoms with Gasteiger partial charge in [-0.05, 0) is 41.8 Å². The van der Waals surface area contributed by atoms with Gasteiger partial charge in [-0.2, -0.15) is 0 Å². The monoisotopic (exact) mass is 366 g/mol. The standard InChI is InChI=1S/C18H14N4O3S/c23-16(21-22-17(24)13-5-2-8-19-11-13)12-4-1-6-14(10-12)20-18(25)15-7-3-9-26-15/h1-11H,(H,20,25)(H,21,23)(H,22,24). The number of amides is 3. The first-order valence-corrected chi connectivity index (χ1v) is 8.47. The Balaban J connectivity index is 1.61. The molecule has 0 saturated carbocycles. The molecule has 0 atom stereocenters. The quantitative estimate of drug-likeness (QED) is 0.618. The third-order valence-electron chi connectivity index (χ3n) is 3.34. The van der Waals surface area contributed by atoms with E-state index in [0.29, 0.717) is 21.7 Å². The summed E-state index contributed by atoms with van der Waals surface area (Å²) in [5.74, 6) is -1.23. The normalized spacial score (nSPS) is 10.0. The van der Waals surface area contributed by atoms with E-state index in [2.05, 4.69) is 21.2 Å². The summed E-state index contributed by atoms with van der Waals surface area (Å²) in [4.78, 5) is 40.6. The molecule has 2 aromatic heterocycles. The van der Waals surface area contributed by atoms with Gasteiger partial charge in [-0.15, -0.1) is 11.3 Å². The van der Waals surface area contributed by atoms with Crippen molar-refractivity contribution < 1.29 is 14.4 Å². The fraction of sp³-hybridized carbons (Fsp3) is 0. The third-order valence-corrected chi connectivity index (χ3v) is 4.21. The maximum absolute atomic E-state index is 12.2. The van der Waals surface area contributed by atoms with Crippen LogP contribution in [-0.4, -0.2) is 22.7 Å². The van der Waals surface area contributed by atoms with Crippen LogP contribution >= 0.6 is 11.3 Å². The molecule has 3 N–H and O–H groups in total. The smallest absolute Gasteiger partial charge is 0.271 e. The van der Waals surface area contributed by atoms with Crippen molar-refractivity contribution >= 4 is 34.7 Å². The van der Waals surface area contributed by atoms with Gasteiger partial charge in [0.15, 0.2) is 0 Å². The predicted octanol–water partition coefficient (Wildman–Crippen LogP) is 2.47. The molecule has 0 bridgehead atoms. The minimum absolute atomic E-state index is 0.248. The van der Waals surface area contributed by atoms with Crippen molar-refractivity contribution in [1.82, 2.24) is 15.8 Å². The van der Waals surface area contributed by atoms with Crippen LogP contribution in [0.3, 0.4) is 0 Å². The first kappa shape index (κ1) is 17.3. The number of hydrogen-bond acceptors (Lipinski definition) is 5. The fourth-order valence-corrected chi connectivity index (χ4v) is 2.71. The lowest BCUT2D eigenvalue weighted by atomic mass is 10.2. The molecule has 0 spiro atoms. The molecule has 3 rings (SSSR count). The van der Waals surface area contributed by atoms with Gasteiger partial charge >= 0.3 is 0 Å². The van der Waals surface area contributed by atoms with E-state index < -0.39 is 11.8 Å². The highest BCUT2D eigenvalue weighted by atomic mass is 32.1. The van der Waals surface area contributed by atoms with Crippen LogP contribution in [0.1, 0.15) is 30.4 Å². The molecule has 1 aromatic carbocycles. The molecule has 8 heteroatoms. The Morgan fingerprint density at radius 2 is 1.62 bits per heavy atom. The van der Waals surface area contributed by atoms with E-state index in [-0.39, 0.29) is 5.91 Å². The number of benzene rings is 1. The molecule has 0 radical (unpaired) electrons. The minimum Gasteiger partial charge on any atom is -0.321 e. The molecule has 130 valence electrons. The molecule has 0 saturated heterocycles. The summed E-state index contributed by atoms with van der Waals surface area (Å²) in [6, 6.07) is 13.1. The minimum atomic E-state index is -0.505. The van der Waals surface area contributed by atoms with Gasteiger partial charge in [0.05, 0.1) is 10.4 Å². The van der Waals surface area contributed by atoms with E-state index in [9.17, 15) is 14.4 Å². The number of nitrogens with zero attached hydrogens (tertiary/aromatic N) is 1. The van der Waals surface area contributed by atoms with Crippen molar-refractivity contribution in [3.05, 3.63) is 82.3 Å². The second-order valence-electron chi connectivity index (χ2n) is 5.16. The number of hydrazine groups is 1. The van der Waals surface area contributed by atoms with Gasteiger partial charge in [0.1, 0.15) is 0 Å². The lowest BCUT2D eigenvalue weighted by Gasteiger charge is -2.09. The van der Waals surface area contributed by atoms with Crippen LogP contribution in [-0.2, 0) is 0 Å². The zero-order chi connectivity index (χ0) is 18.4. The van der Waals surface area contributed by atoms with Crippen LogP contribution in [0.15, 0.2) is 66.3 Å². The van der Waals surface area contributed by atoms with Crippen LogP contribution in [0, 0.1) is 0 Å². The second-order valence-corrected chi connectivity index (χ2v) is 6.11. The number of nitrogens with one attached hydrogen (secondary N) is 3. The third kappa shape index (κ3) is 4.31. The number of rotatable bonds is 4. The Hall–Kier alpha value is -3.52. The van der Waals surface area contributed by atoms with Gasteiger partial charge in [0.25, 0.3) is 17.7 Å². The van der Waals surface area contributed by atoms with Crippen molar-refractivity contribution in [2.24, 2.45) is 0 Å². The van der Waals surface area contributed by atoms with Gasteiger partial charge in [-0.3, -0.25) is 30.2 Å². The Labute approximate surface area is 153 Å². The van der Waals surface area contributed by atoms with E-state index in [1.54, 1.807) is 48.7 Å². The number of pyridine rings is 1. The van der Waals surface area contributed by atoms with Gasteiger partial charge in [-0.1, -0.05) is 12.1 Å². The molecule has 0 unspecified atom stereocenters. The Morgan fingerprint density at radius 1 is 0.846 bits per heavy atom. The SMILES string of the molecule is O=C(NNC(=O)c1cccc(NC(=O)c2cccs2)c1)c1cccnc1. The lowest BCUT2D eigenvalue weighted by Crippen LogP contribution is -2.41. The van der Waals surface area contributed by atoms with E-state index in [1.807, 2.05) is 5.38 Å². The van der Waals surface area contributed by atoms with Crippen molar-refractivity contribution in [2.45, 2.75) is 0 Å². The molecular weight excluding hydrogens is 352 g/mol. The topological polar surface area (TPSA) is 100 Å². The first-order chi connectivity index (χ1) is 12.6. The van der Waals surface area contributed by atoms with Gasteiger partial charge < -0.3 is 5.32 Å². The maximum atomic E-state index is 12.2. The number of hydrogen-bond donors (Lipinski definition) is 3. The highest BCUT2D eigenvalue weighted by Crippen LogP contribution is 2.14. The van der Waals surface area contributed by atoms with Crippen LogP contribution in [0.5, 0.6) is 0 Å². The Kier molecular flexibility index (Phi) is 5.35. The molecule has 3 amide bonds. The van der Waals surface area contributed by atoms with Crippen molar-refractivity contribution in [3.8, 4) is 0 Å². The van der Waals surface area contributed by atoms with E-state index >= 15 is 0 Å². The largest absolute Gasteiger partial charge is 0.321 e. The van der Waals surface area contributed by atoms with Crippen molar-refractivity contribution in [2.75, 3.05) is 5.32 Å². The summed E-state index contributed by atoms with van der Waals surface area (Å²) < 4.78 is 0. The van der Waals surface area contributed by atoms with E-state index in [1.165, 1.54) is 23.6 Å². The summed E-state index contributed by atoms with van der Waals surface area (Å²) in [7, 11) is 0. The predicted molar refractivity (Wildman–Crippen MR) is 97.9 cm³/mol. The summed E-state index contributed by atoms with van der Waals surface area (Å²) in [5, 5.41) is 4.54. The molecule has 0 aliphatic carbocycles. The zero-order valence-corrected chi connectivity index (χ0v) is 14.2. The number of carbonyl (C=O) groups is 3. The maximum Gasteiger partial charge on any atom is 0.271 e. The summed E-state index contributed by atoms with van der Waals surface area (Å²) >= 11 is 1.33.